The summed E-state index contributed by atoms with van der Waals surface area (Å²) < 4.78 is 5.22. The van der Waals surface area contributed by atoms with Gasteiger partial charge in [0.1, 0.15) is 5.75 Å². The van der Waals surface area contributed by atoms with Crippen LogP contribution in [-0.4, -0.2) is 30.0 Å². The number of hydrogen-bond donors (Lipinski definition) is 3. The second-order valence-electron chi connectivity index (χ2n) is 5.97. The molecule has 1 aliphatic carbocycles. The van der Waals surface area contributed by atoms with Gasteiger partial charge in [0, 0.05) is 24.6 Å². The number of ether oxygens (including phenoxy) is 1. The number of carbonyl (C=O) groups is 3. The lowest BCUT2D eigenvalue weighted by Gasteiger charge is -2.25. The molecule has 0 aliphatic heterocycles. The van der Waals surface area contributed by atoms with Crippen LogP contribution >= 0.6 is 0 Å². The molecular formula is C17H22N2O5. The lowest BCUT2D eigenvalue weighted by molar-refractivity contribution is -0.143. The Morgan fingerprint density at radius 2 is 1.71 bits per heavy atom. The van der Waals surface area contributed by atoms with E-state index in [4.69, 9.17) is 9.84 Å². The molecule has 7 heteroatoms. The fourth-order valence-corrected chi connectivity index (χ4v) is 2.91. The number of carboxylic acids is 1. The van der Waals surface area contributed by atoms with E-state index in [1.54, 1.807) is 18.2 Å². The fourth-order valence-electron chi connectivity index (χ4n) is 2.91. The maximum atomic E-state index is 12.3. The van der Waals surface area contributed by atoms with Crippen molar-refractivity contribution >= 4 is 29.2 Å². The first kappa shape index (κ1) is 17.8. The third kappa shape index (κ3) is 4.47. The maximum absolute atomic E-state index is 12.3. The Morgan fingerprint density at radius 3 is 2.25 bits per heavy atom. The zero-order valence-electron chi connectivity index (χ0n) is 13.8. The normalized spacial score (nSPS) is 20.1. The van der Waals surface area contributed by atoms with E-state index in [0.717, 1.165) is 0 Å². The summed E-state index contributed by atoms with van der Waals surface area (Å²) in [4.78, 5) is 34.4. The van der Waals surface area contributed by atoms with Gasteiger partial charge in [-0.05, 0) is 37.8 Å². The number of methoxy groups -OCH3 is 1. The zero-order chi connectivity index (χ0) is 17.7. The minimum absolute atomic E-state index is 0.117. The van der Waals surface area contributed by atoms with Crippen LogP contribution in [0.1, 0.15) is 32.6 Å². The van der Waals surface area contributed by atoms with E-state index in [-0.39, 0.29) is 23.7 Å². The van der Waals surface area contributed by atoms with Gasteiger partial charge in [0.05, 0.1) is 18.7 Å². The minimum atomic E-state index is -0.785. The van der Waals surface area contributed by atoms with Gasteiger partial charge in [-0.15, -0.1) is 0 Å². The Hall–Kier alpha value is -2.57. The quantitative estimate of drug-likeness (QED) is 0.767. The van der Waals surface area contributed by atoms with Gasteiger partial charge in [-0.3, -0.25) is 14.4 Å². The highest BCUT2D eigenvalue weighted by atomic mass is 16.5. The van der Waals surface area contributed by atoms with Crippen LogP contribution < -0.4 is 15.4 Å². The third-order valence-corrected chi connectivity index (χ3v) is 4.23. The van der Waals surface area contributed by atoms with E-state index in [1.807, 2.05) is 0 Å². The standard InChI is InChI=1S/C17H22N2O5/c1-10(20)18-14-8-7-13(9-15(14)24-2)19-16(21)11-3-5-12(6-4-11)17(22)23/h7-9,11-12H,3-6H2,1-2H3,(H,18,20)(H,19,21)(H,22,23). The summed E-state index contributed by atoms with van der Waals surface area (Å²) in [5.74, 6) is -1.18. The van der Waals surface area contributed by atoms with Gasteiger partial charge in [0.2, 0.25) is 11.8 Å². The molecule has 1 saturated carbocycles. The van der Waals surface area contributed by atoms with E-state index in [9.17, 15) is 14.4 Å². The molecule has 1 fully saturated rings. The molecule has 0 spiro atoms. The lowest BCUT2D eigenvalue weighted by Crippen LogP contribution is -2.29. The van der Waals surface area contributed by atoms with Gasteiger partial charge in [-0.1, -0.05) is 0 Å². The molecule has 0 saturated heterocycles. The van der Waals surface area contributed by atoms with Gasteiger partial charge >= 0.3 is 5.97 Å². The average Bonchev–Trinajstić information content (AvgIpc) is 2.55. The zero-order valence-corrected chi connectivity index (χ0v) is 13.8. The summed E-state index contributed by atoms with van der Waals surface area (Å²) in [6.07, 6.45) is 2.20. The Balaban J connectivity index is 1.99. The van der Waals surface area contributed by atoms with Crippen LogP contribution in [0.3, 0.4) is 0 Å². The molecule has 1 aliphatic rings. The number of carboxylic acid groups (broad SMARTS) is 1. The Bertz CT molecular complexity index is 636. The van der Waals surface area contributed by atoms with Gasteiger partial charge in [-0.25, -0.2) is 0 Å². The molecule has 0 atom stereocenters. The summed E-state index contributed by atoms with van der Waals surface area (Å²) in [5.41, 5.74) is 1.11. The summed E-state index contributed by atoms with van der Waals surface area (Å²) in [6.45, 7) is 1.41. The van der Waals surface area contributed by atoms with Gasteiger partial charge in [-0.2, -0.15) is 0 Å². The first-order chi connectivity index (χ1) is 11.4. The summed E-state index contributed by atoms with van der Waals surface area (Å²) in [7, 11) is 1.49. The van der Waals surface area contributed by atoms with Gasteiger partial charge in [0.15, 0.2) is 0 Å². The van der Waals surface area contributed by atoms with Crippen LogP contribution in [-0.2, 0) is 14.4 Å². The van der Waals surface area contributed by atoms with Crippen molar-refractivity contribution in [2.45, 2.75) is 32.6 Å². The molecule has 0 heterocycles. The van der Waals surface area contributed by atoms with E-state index in [0.29, 0.717) is 42.8 Å². The first-order valence-electron chi connectivity index (χ1n) is 7.90. The third-order valence-electron chi connectivity index (χ3n) is 4.23. The molecule has 0 aromatic heterocycles. The summed E-state index contributed by atoms with van der Waals surface area (Å²) in [6, 6.07) is 5.00. The smallest absolute Gasteiger partial charge is 0.306 e. The van der Waals surface area contributed by atoms with Crippen LogP contribution in [0, 0.1) is 11.8 Å². The Morgan fingerprint density at radius 1 is 1.08 bits per heavy atom. The van der Waals surface area contributed by atoms with Crippen molar-refractivity contribution in [2.24, 2.45) is 11.8 Å². The molecule has 2 amide bonds. The maximum Gasteiger partial charge on any atom is 0.306 e. The molecule has 2 rings (SSSR count). The largest absolute Gasteiger partial charge is 0.494 e. The molecule has 0 bridgehead atoms. The lowest BCUT2D eigenvalue weighted by atomic mass is 9.81. The van der Waals surface area contributed by atoms with Crippen molar-refractivity contribution in [2.75, 3.05) is 17.7 Å². The highest BCUT2D eigenvalue weighted by Gasteiger charge is 2.29. The molecule has 3 N–H and O–H groups in total. The number of carbonyl (C=O) groups excluding carboxylic acids is 2. The van der Waals surface area contributed by atoms with Crippen molar-refractivity contribution in [3.63, 3.8) is 0 Å². The number of hydrogen-bond acceptors (Lipinski definition) is 4. The number of nitrogens with one attached hydrogen (secondary N) is 2. The average molecular weight is 334 g/mol. The predicted molar refractivity (Wildman–Crippen MR) is 89.0 cm³/mol. The monoisotopic (exact) mass is 334 g/mol. The molecular weight excluding hydrogens is 312 g/mol. The SMILES string of the molecule is COc1cc(NC(=O)C2CCC(C(=O)O)CC2)ccc1NC(C)=O. The molecule has 7 nitrogen and oxygen atoms in total. The van der Waals surface area contributed by atoms with Crippen molar-refractivity contribution < 1.29 is 24.2 Å². The van der Waals surface area contributed by atoms with E-state index in [1.165, 1.54) is 14.0 Å². The molecule has 1 aromatic carbocycles. The van der Waals surface area contributed by atoms with E-state index < -0.39 is 5.97 Å². The topological polar surface area (TPSA) is 105 Å². The predicted octanol–water partition coefficient (Wildman–Crippen LogP) is 2.48. The number of aliphatic carboxylic acids is 1. The fraction of sp³-hybridized carbons (Fsp3) is 0.471. The number of amides is 2. The Kier molecular flexibility index (Phi) is 5.78. The molecule has 130 valence electrons. The van der Waals surface area contributed by atoms with Gasteiger partial charge < -0.3 is 20.5 Å². The van der Waals surface area contributed by atoms with Gasteiger partial charge in [0.25, 0.3) is 0 Å². The van der Waals surface area contributed by atoms with E-state index >= 15 is 0 Å². The molecule has 0 unspecified atom stereocenters. The van der Waals surface area contributed by atoms with Crippen molar-refractivity contribution in [1.29, 1.82) is 0 Å². The van der Waals surface area contributed by atoms with Crippen LogP contribution in [0.4, 0.5) is 11.4 Å². The van der Waals surface area contributed by atoms with Crippen LogP contribution in [0.25, 0.3) is 0 Å². The van der Waals surface area contributed by atoms with Crippen molar-refractivity contribution in [3.05, 3.63) is 18.2 Å². The van der Waals surface area contributed by atoms with Crippen LogP contribution in [0.15, 0.2) is 18.2 Å². The summed E-state index contributed by atoms with van der Waals surface area (Å²) >= 11 is 0. The molecule has 24 heavy (non-hydrogen) atoms. The number of benzene rings is 1. The number of anilines is 2. The number of rotatable bonds is 5. The van der Waals surface area contributed by atoms with E-state index in [2.05, 4.69) is 10.6 Å². The van der Waals surface area contributed by atoms with Crippen LogP contribution in [0.2, 0.25) is 0 Å². The highest BCUT2D eigenvalue weighted by Crippen LogP contribution is 2.31. The Labute approximate surface area is 140 Å². The molecule has 1 aromatic rings. The highest BCUT2D eigenvalue weighted by molar-refractivity contribution is 5.94. The van der Waals surface area contributed by atoms with Crippen molar-refractivity contribution in [1.82, 2.24) is 0 Å². The first-order valence-corrected chi connectivity index (χ1v) is 7.90. The second kappa shape index (κ2) is 7.81. The minimum Gasteiger partial charge on any atom is -0.494 e. The van der Waals surface area contributed by atoms with Crippen molar-refractivity contribution in [3.8, 4) is 5.75 Å². The summed E-state index contributed by atoms with van der Waals surface area (Å²) in [5, 5.41) is 14.5. The molecule has 0 radical (unpaired) electrons. The second-order valence-corrected chi connectivity index (χ2v) is 5.97. The van der Waals surface area contributed by atoms with Crippen LogP contribution in [0.5, 0.6) is 5.75 Å².